The van der Waals surface area contributed by atoms with Gasteiger partial charge in [-0.15, -0.1) is 11.3 Å². The van der Waals surface area contributed by atoms with Gasteiger partial charge >= 0.3 is 0 Å². The summed E-state index contributed by atoms with van der Waals surface area (Å²) in [4.78, 5) is 26.6. The van der Waals surface area contributed by atoms with Gasteiger partial charge in [0, 0.05) is 11.1 Å². The molecule has 1 heterocycles. The van der Waals surface area contributed by atoms with Gasteiger partial charge in [0.15, 0.2) is 0 Å². The molecule has 0 aliphatic carbocycles. The maximum Gasteiger partial charge on any atom is 0.228 e. The van der Waals surface area contributed by atoms with Crippen molar-refractivity contribution in [3.8, 4) is 0 Å². The van der Waals surface area contributed by atoms with Crippen LogP contribution in [-0.4, -0.2) is 16.7 Å². The van der Waals surface area contributed by atoms with E-state index in [9.17, 15) is 9.59 Å². The number of nitrogens with one attached hydrogen (secondary N) is 1. The third-order valence-electron chi connectivity index (χ3n) is 2.02. The van der Waals surface area contributed by atoms with E-state index in [0.717, 1.165) is 10.7 Å². The van der Waals surface area contributed by atoms with Gasteiger partial charge in [0.25, 0.3) is 0 Å². The second-order valence-electron chi connectivity index (χ2n) is 4.35. The summed E-state index contributed by atoms with van der Waals surface area (Å²) in [6.07, 6.45) is -0.0756. The van der Waals surface area contributed by atoms with E-state index in [2.05, 4.69) is 10.3 Å². The number of ketones is 1. The highest BCUT2D eigenvalue weighted by atomic mass is 32.1. The van der Waals surface area contributed by atoms with Crippen molar-refractivity contribution in [2.45, 2.75) is 39.7 Å². The molecule has 0 aliphatic rings. The Labute approximate surface area is 99.1 Å². The first kappa shape index (κ1) is 12.8. The standard InChI is InChI=1S/C11H16N2O2S/c1-7-6-16-10(12-7)11(3,4)13-9(15)5-8(2)14/h6H,5H2,1-4H3,(H,13,15). The molecule has 16 heavy (non-hydrogen) atoms. The van der Waals surface area contributed by atoms with Crippen molar-refractivity contribution >= 4 is 23.0 Å². The molecule has 1 rings (SSSR count). The molecule has 1 aromatic rings. The van der Waals surface area contributed by atoms with Crippen molar-refractivity contribution in [2.75, 3.05) is 0 Å². The van der Waals surface area contributed by atoms with Crippen LogP contribution in [0.3, 0.4) is 0 Å². The number of rotatable bonds is 4. The predicted octanol–water partition coefficient (Wildman–Crippen LogP) is 1.78. The summed E-state index contributed by atoms with van der Waals surface area (Å²) >= 11 is 1.51. The van der Waals surface area contributed by atoms with Gasteiger partial charge in [-0.3, -0.25) is 9.59 Å². The lowest BCUT2D eigenvalue weighted by atomic mass is 10.1. The van der Waals surface area contributed by atoms with Gasteiger partial charge in [0.2, 0.25) is 5.91 Å². The van der Waals surface area contributed by atoms with Gasteiger partial charge in [-0.2, -0.15) is 0 Å². The molecule has 0 aromatic carbocycles. The summed E-state index contributed by atoms with van der Waals surface area (Å²) in [5.41, 5.74) is 0.416. The van der Waals surface area contributed by atoms with Gasteiger partial charge in [-0.1, -0.05) is 0 Å². The molecule has 88 valence electrons. The summed E-state index contributed by atoms with van der Waals surface area (Å²) < 4.78 is 0. The Morgan fingerprint density at radius 3 is 2.56 bits per heavy atom. The molecule has 1 aromatic heterocycles. The Bertz CT molecular complexity index is 410. The third-order valence-corrected chi connectivity index (χ3v) is 3.30. The van der Waals surface area contributed by atoms with E-state index in [4.69, 9.17) is 0 Å². The Balaban J connectivity index is 2.71. The fraction of sp³-hybridized carbons (Fsp3) is 0.545. The number of aryl methyl sites for hydroxylation is 1. The van der Waals surface area contributed by atoms with Gasteiger partial charge in [0.1, 0.15) is 10.8 Å². The molecule has 5 heteroatoms. The van der Waals surface area contributed by atoms with Crippen LogP contribution in [-0.2, 0) is 15.1 Å². The SMILES string of the molecule is CC(=O)CC(=O)NC(C)(C)c1nc(C)cs1. The highest BCUT2D eigenvalue weighted by Crippen LogP contribution is 2.23. The monoisotopic (exact) mass is 240 g/mol. The minimum absolute atomic E-state index is 0.0756. The number of thiazole rings is 1. The molecule has 4 nitrogen and oxygen atoms in total. The van der Waals surface area contributed by atoms with E-state index in [0.29, 0.717) is 0 Å². The number of amides is 1. The molecule has 0 atom stereocenters. The summed E-state index contributed by atoms with van der Waals surface area (Å²) in [6, 6.07) is 0. The molecular formula is C11H16N2O2S. The van der Waals surface area contributed by atoms with Crippen molar-refractivity contribution in [1.29, 1.82) is 0 Å². The highest BCUT2D eigenvalue weighted by Gasteiger charge is 2.26. The molecule has 0 fully saturated rings. The zero-order valence-electron chi connectivity index (χ0n) is 9.96. The van der Waals surface area contributed by atoms with E-state index >= 15 is 0 Å². The van der Waals surface area contributed by atoms with Crippen molar-refractivity contribution in [2.24, 2.45) is 0 Å². The summed E-state index contributed by atoms with van der Waals surface area (Å²) in [5.74, 6) is -0.394. The van der Waals surface area contributed by atoms with Crippen LogP contribution in [0.2, 0.25) is 0 Å². The molecule has 0 saturated heterocycles. The average molecular weight is 240 g/mol. The van der Waals surface area contributed by atoms with Crippen molar-refractivity contribution in [3.63, 3.8) is 0 Å². The largest absolute Gasteiger partial charge is 0.344 e. The lowest BCUT2D eigenvalue weighted by Gasteiger charge is -2.23. The smallest absolute Gasteiger partial charge is 0.228 e. The van der Waals surface area contributed by atoms with Crippen LogP contribution in [0.5, 0.6) is 0 Å². The molecule has 1 N–H and O–H groups in total. The first-order valence-corrected chi connectivity index (χ1v) is 5.92. The van der Waals surface area contributed by atoms with Crippen molar-refractivity contribution < 1.29 is 9.59 Å². The van der Waals surface area contributed by atoms with Gasteiger partial charge in [-0.05, 0) is 27.7 Å². The quantitative estimate of drug-likeness (QED) is 0.816. The Kier molecular flexibility index (Phi) is 3.80. The number of nitrogens with zero attached hydrogens (tertiary/aromatic N) is 1. The Hall–Kier alpha value is -1.23. The topological polar surface area (TPSA) is 59.1 Å². The summed E-state index contributed by atoms with van der Waals surface area (Å²) in [5, 5.41) is 5.59. The maximum atomic E-state index is 11.5. The van der Waals surface area contributed by atoms with Gasteiger partial charge < -0.3 is 5.32 Å². The molecule has 0 saturated carbocycles. The van der Waals surface area contributed by atoms with Crippen LogP contribution in [0.4, 0.5) is 0 Å². The van der Waals surface area contributed by atoms with Crippen LogP contribution < -0.4 is 5.32 Å². The summed E-state index contributed by atoms with van der Waals surface area (Å²) in [6.45, 7) is 7.07. The van der Waals surface area contributed by atoms with Crippen LogP contribution in [0.1, 0.15) is 37.9 Å². The molecule has 0 spiro atoms. The molecule has 0 bridgehead atoms. The van der Waals surface area contributed by atoms with Gasteiger partial charge in [-0.25, -0.2) is 4.98 Å². The molecule has 1 amide bonds. The number of carbonyl (C=O) groups is 2. The minimum Gasteiger partial charge on any atom is -0.344 e. The van der Waals surface area contributed by atoms with Crippen LogP contribution in [0.15, 0.2) is 5.38 Å². The Morgan fingerprint density at radius 1 is 1.50 bits per heavy atom. The molecule has 0 aliphatic heterocycles. The van der Waals surface area contributed by atoms with Crippen LogP contribution in [0, 0.1) is 6.92 Å². The predicted molar refractivity (Wildman–Crippen MR) is 63.3 cm³/mol. The Morgan fingerprint density at radius 2 is 2.12 bits per heavy atom. The number of aromatic nitrogens is 1. The maximum absolute atomic E-state index is 11.5. The van der Waals surface area contributed by atoms with E-state index in [1.165, 1.54) is 18.3 Å². The minimum atomic E-state index is -0.522. The molecule has 0 radical (unpaired) electrons. The van der Waals surface area contributed by atoms with Gasteiger partial charge in [0.05, 0.1) is 12.0 Å². The lowest BCUT2D eigenvalue weighted by molar-refractivity contribution is -0.128. The van der Waals surface area contributed by atoms with Crippen molar-refractivity contribution in [3.05, 3.63) is 16.1 Å². The van der Waals surface area contributed by atoms with E-state index in [1.54, 1.807) is 0 Å². The van der Waals surface area contributed by atoms with E-state index in [-0.39, 0.29) is 18.1 Å². The third kappa shape index (κ3) is 3.41. The highest BCUT2D eigenvalue weighted by molar-refractivity contribution is 7.09. The fourth-order valence-electron chi connectivity index (χ4n) is 1.31. The normalized spacial score (nSPS) is 11.2. The first-order chi connectivity index (χ1) is 7.31. The van der Waals surface area contributed by atoms with Crippen molar-refractivity contribution in [1.82, 2.24) is 10.3 Å². The second-order valence-corrected chi connectivity index (χ2v) is 5.20. The fourth-order valence-corrected chi connectivity index (χ4v) is 2.19. The van der Waals surface area contributed by atoms with Crippen LogP contribution in [0.25, 0.3) is 0 Å². The zero-order valence-corrected chi connectivity index (χ0v) is 10.8. The number of hydrogen-bond donors (Lipinski definition) is 1. The lowest BCUT2D eigenvalue weighted by Crippen LogP contribution is -2.41. The number of carbonyl (C=O) groups excluding carboxylic acids is 2. The number of hydrogen-bond acceptors (Lipinski definition) is 4. The summed E-state index contributed by atoms with van der Waals surface area (Å²) in [7, 11) is 0. The van der Waals surface area contributed by atoms with E-state index < -0.39 is 5.54 Å². The second kappa shape index (κ2) is 4.74. The number of Topliss-reactive ketones (excluding diaryl/α,β-unsaturated/α-hetero) is 1. The first-order valence-electron chi connectivity index (χ1n) is 5.04. The average Bonchev–Trinajstić information content (AvgIpc) is 2.49. The molecular weight excluding hydrogens is 224 g/mol. The zero-order chi connectivity index (χ0) is 12.3. The van der Waals surface area contributed by atoms with E-state index in [1.807, 2.05) is 26.2 Å². The molecule has 0 unspecified atom stereocenters. The van der Waals surface area contributed by atoms with Crippen LogP contribution >= 0.6 is 11.3 Å².